The Morgan fingerprint density at radius 1 is 0.812 bits per heavy atom. The van der Waals surface area contributed by atoms with Crippen molar-refractivity contribution in [3.63, 3.8) is 0 Å². The molecule has 0 fully saturated rings. The summed E-state index contributed by atoms with van der Waals surface area (Å²) in [5.41, 5.74) is 12.5. The van der Waals surface area contributed by atoms with Gasteiger partial charge in [-0.15, -0.1) is 0 Å². The van der Waals surface area contributed by atoms with Crippen molar-refractivity contribution >= 4 is 58.0 Å². The highest BCUT2D eigenvalue weighted by atomic mass is 28.3. The number of aryl methyl sites for hydroxylation is 1. The maximum absolute atomic E-state index is 4.93. The predicted molar refractivity (Wildman–Crippen MR) is 141 cm³/mol. The Bertz CT molecular complexity index is 1640. The average molecular weight is 428 g/mol. The van der Waals surface area contributed by atoms with E-state index < -0.39 is 8.07 Å². The maximum Gasteiger partial charge on any atom is 0.248 e. The van der Waals surface area contributed by atoms with Crippen LogP contribution in [0.3, 0.4) is 0 Å². The summed E-state index contributed by atoms with van der Waals surface area (Å²) in [4.78, 5) is 0. The Morgan fingerprint density at radius 2 is 1.56 bits per heavy atom. The molecular weight excluding hydrogens is 403 g/mol. The van der Waals surface area contributed by atoms with Gasteiger partial charge in [-0.25, -0.2) is 4.68 Å². The highest BCUT2D eigenvalue weighted by Crippen LogP contribution is 2.34. The summed E-state index contributed by atoms with van der Waals surface area (Å²) in [6.45, 7) is 12.1. The second-order valence-corrected chi connectivity index (χ2v) is 15.7. The molecule has 0 unspecified atom stereocenters. The first-order valence-electron chi connectivity index (χ1n) is 11.5. The van der Waals surface area contributed by atoms with Crippen molar-refractivity contribution in [2.75, 3.05) is 0 Å². The van der Waals surface area contributed by atoms with Crippen molar-refractivity contribution < 1.29 is 0 Å². The molecule has 0 radical (unpaired) electrons. The number of hydrogen-bond donors (Lipinski definition) is 0. The minimum atomic E-state index is -1.51. The van der Waals surface area contributed by atoms with Crippen LogP contribution in [-0.4, -0.2) is 24.6 Å². The van der Waals surface area contributed by atoms with Crippen molar-refractivity contribution in [1.29, 1.82) is 0 Å². The molecule has 0 saturated heterocycles. The Morgan fingerprint density at radius 3 is 2.31 bits per heavy atom. The SMILES string of the molecule is Cc1cc2cnn3c2c(c1C)B1c2cc4ccccc4cc2-c2cc([Si](C)(C)C)cc-3c21. The molecule has 0 N–H and O–H groups in total. The zero-order chi connectivity index (χ0) is 21.9. The predicted octanol–water partition coefficient (Wildman–Crippen LogP) is 4.15. The maximum atomic E-state index is 4.93. The highest BCUT2D eigenvalue weighted by molar-refractivity contribution is 7.02. The lowest BCUT2D eigenvalue weighted by molar-refractivity contribution is 0.916. The summed E-state index contributed by atoms with van der Waals surface area (Å²) in [6, 6.07) is 20.9. The Hall–Kier alpha value is -3.11. The van der Waals surface area contributed by atoms with Crippen LogP contribution in [0.1, 0.15) is 11.1 Å². The molecule has 0 amide bonds. The molecule has 0 saturated carbocycles. The number of benzene rings is 4. The van der Waals surface area contributed by atoms with E-state index in [2.05, 4.69) is 99.0 Å². The molecule has 4 heteroatoms. The summed E-state index contributed by atoms with van der Waals surface area (Å²) < 4.78 is 2.24. The molecule has 0 bridgehead atoms. The molecule has 7 rings (SSSR count). The highest BCUT2D eigenvalue weighted by Gasteiger charge is 2.42. The lowest BCUT2D eigenvalue weighted by Gasteiger charge is -2.27. The molecule has 2 nitrogen and oxygen atoms in total. The molecule has 0 atom stereocenters. The Kier molecular flexibility index (Phi) is 3.36. The fourth-order valence-corrected chi connectivity index (χ4v) is 7.11. The van der Waals surface area contributed by atoms with E-state index in [1.807, 2.05) is 0 Å². The molecule has 0 spiro atoms. The van der Waals surface area contributed by atoms with Gasteiger partial charge in [-0.3, -0.25) is 0 Å². The van der Waals surface area contributed by atoms with Gasteiger partial charge in [-0.2, -0.15) is 5.10 Å². The van der Waals surface area contributed by atoms with Crippen LogP contribution in [0.5, 0.6) is 0 Å². The average Bonchev–Trinajstić information content (AvgIpc) is 3.32. The number of aromatic nitrogens is 2. The van der Waals surface area contributed by atoms with Gasteiger partial charge < -0.3 is 0 Å². The van der Waals surface area contributed by atoms with E-state index in [9.17, 15) is 0 Å². The Balaban J connectivity index is 1.71. The summed E-state index contributed by atoms with van der Waals surface area (Å²) in [6.07, 6.45) is 2.06. The van der Waals surface area contributed by atoms with E-state index in [1.165, 1.54) is 71.2 Å². The van der Waals surface area contributed by atoms with Crippen molar-refractivity contribution in [3.8, 4) is 16.8 Å². The summed E-state index contributed by atoms with van der Waals surface area (Å²) in [5, 5.41) is 10.3. The van der Waals surface area contributed by atoms with E-state index in [0.29, 0.717) is 0 Å². The first-order chi connectivity index (χ1) is 15.3. The van der Waals surface area contributed by atoms with E-state index in [-0.39, 0.29) is 6.71 Å². The van der Waals surface area contributed by atoms with Crippen molar-refractivity contribution in [1.82, 2.24) is 9.78 Å². The van der Waals surface area contributed by atoms with Gasteiger partial charge in [0.25, 0.3) is 0 Å². The van der Waals surface area contributed by atoms with E-state index >= 15 is 0 Å². The molecule has 154 valence electrons. The fraction of sp³-hybridized carbons (Fsp3) is 0.179. The normalized spacial score (nSPS) is 13.7. The van der Waals surface area contributed by atoms with Gasteiger partial charge in [-0.1, -0.05) is 72.3 Å². The minimum absolute atomic E-state index is 0.280. The van der Waals surface area contributed by atoms with Gasteiger partial charge in [0.2, 0.25) is 6.71 Å². The quantitative estimate of drug-likeness (QED) is 0.359. The lowest BCUT2D eigenvalue weighted by atomic mass is 9.36. The van der Waals surface area contributed by atoms with Crippen LogP contribution in [0.2, 0.25) is 19.6 Å². The largest absolute Gasteiger partial charge is 0.248 e. The third-order valence-electron chi connectivity index (χ3n) is 7.77. The van der Waals surface area contributed by atoms with Crippen LogP contribution in [0.4, 0.5) is 0 Å². The van der Waals surface area contributed by atoms with Gasteiger partial charge in [0.1, 0.15) is 0 Å². The van der Waals surface area contributed by atoms with Crippen LogP contribution in [-0.2, 0) is 0 Å². The fourth-order valence-electron chi connectivity index (χ4n) is 5.96. The number of fused-ring (bicyclic) bond motifs is 6. The zero-order valence-corrected chi connectivity index (χ0v) is 20.2. The lowest BCUT2D eigenvalue weighted by Crippen LogP contribution is -2.55. The van der Waals surface area contributed by atoms with Gasteiger partial charge in [0, 0.05) is 5.39 Å². The van der Waals surface area contributed by atoms with Gasteiger partial charge in [0.15, 0.2) is 0 Å². The monoisotopic (exact) mass is 428 g/mol. The molecule has 0 aliphatic carbocycles. The third-order valence-corrected chi connectivity index (χ3v) is 9.79. The summed E-state index contributed by atoms with van der Waals surface area (Å²) >= 11 is 0. The standard InChI is InChI=1S/C28H25BN2Si/c1-16-10-20-15-30-31-25-14-21(32(3,4)5)13-23-22-11-18-8-6-7-9-19(18)12-24(22)29(27(23)25)26(17(16)2)28(20)31/h6-15H,1-5H3. The first kappa shape index (κ1) is 18.5. The number of hydrogen-bond acceptors (Lipinski definition) is 1. The topological polar surface area (TPSA) is 17.8 Å². The number of nitrogens with zero attached hydrogens (tertiary/aromatic N) is 2. The second kappa shape index (κ2) is 5.82. The molecule has 2 aliphatic rings. The Labute approximate surface area is 190 Å². The van der Waals surface area contributed by atoms with Crippen LogP contribution >= 0.6 is 0 Å². The van der Waals surface area contributed by atoms with E-state index in [1.54, 1.807) is 0 Å². The van der Waals surface area contributed by atoms with Gasteiger partial charge in [-0.05, 0) is 70.4 Å². The summed E-state index contributed by atoms with van der Waals surface area (Å²) in [5.74, 6) is 0. The molecule has 32 heavy (non-hydrogen) atoms. The van der Waals surface area contributed by atoms with Crippen LogP contribution < -0.4 is 21.6 Å². The van der Waals surface area contributed by atoms with Gasteiger partial charge >= 0.3 is 0 Å². The zero-order valence-electron chi connectivity index (χ0n) is 19.2. The van der Waals surface area contributed by atoms with Crippen molar-refractivity contribution in [3.05, 3.63) is 71.9 Å². The second-order valence-electron chi connectivity index (χ2n) is 10.7. The van der Waals surface area contributed by atoms with Crippen molar-refractivity contribution in [2.45, 2.75) is 33.5 Å². The van der Waals surface area contributed by atoms with E-state index in [4.69, 9.17) is 5.10 Å². The van der Waals surface area contributed by atoms with Crippen LogP contribution in [0.15, 0.2) is 60.8 Å². The number of rotatable bonds is 1. The minimum Gasteiger partial charge on any atom is -0.234 e. The smallest absolute Gasteiger partial charge is 0.234 e. The molecule has 3 heterocycles. The van der Waals surface area contributed by atoms with E-state index in [0.717, 1.165) is 0 Å². The molecule has 5 aromatic rings. The third kappa shape index (κ3) is 2.18. The van der Waals surface area contributed by atoms with Crippen molar-refractivity contribution in [2.24, 2.45) is 0 Å². The van der Waals surface area contributed by atoms with Crippen LogP contribution in [0, 0.1) is 13.8 Å². The van der Waals surface area contributed by atoms with Gasteiger partial charge in [0.05, 0.1) is 25.5 Å². The molecule has 2 aliphatic heterocycles. The first-order valence-corrected chi connectivity index (χ1v) is 15.0. The molecule has 1 aromatic heterocycles. The molecular formula is C28H25BN2Si. The molecule has 4 aromatic carbocycles. The van der Waals surface area contributed by atoms with Crippen LogP contribution in [0.25, 0.3) is 38.5 Å². The summed E-state index contributed by atoms with van der Waals surface area (Å²) in [7, 11) is -1.51.